The number of azide groups is 1. The molecule has 1 aromatic rings. The van der Waals surface area contributed by atoms with Gasteiger partial charge in [-0.25, -0.2) is 0 Å². The van der Waals surface area contributed by atoms with Gasteiger partial charge in [0, 0.05) is 30.6 Å². The molecule has 82 valence electrons. The van der Waals surface area contributed by atoms with Crippen molar-refractivity contribution in [2.75, 3.05) is 13.7 Å². The molecule has 1 rings (SSSR count). The largest absolute Gasteiger partial charge is 0.380 e. The van der Waals surface area contributed by atoms with Gasteiger partial charge >= 0.3 is 0 Å². The third kappa shape index (κ3) is 4.52. The lowest BCUT2D eigenvalue weighted by Gasteiger charge is -1.98. The minimum absolute atomic E-state index is 0.422. The van der Waals surface area contributed by atoms with Gasteiger partial charge in [0.1, 0.15) is 0 Å². The van der Waals surface area contributed by atoms with Gasteiger partial charge in [-0.05, 0) is 23.2 Å². The summed E-state index contributed by atoms with van der Waals surface area (Å²) in [5.74, 6) is 5.94. The minimum Gasteiger partial charge on any atom is -0.380 e. The number of ether oxygens (including phenoxy) is 1. The molecule has 0 aliphatic heterocycles. The van der Waals surface area contributed by atoms with Crippen molar-refractivity contribution in [3.8, 4) is 11.8 Å². The van der Waals surface area contributed by atoms with Gasteiger partial charge in [-0.15, -0.1) is 0 Å². The summed E-state index contributed by atoms with van der Waals surface area (Å²) in [5.41, 5.74) is 10.1. The second-order valence-electron chi connectivity index (χ2n) is 3.14. The Kier molecular flexibility index (Phi) is 5.57. The van der Waals surface area contributed by atoms with E-state index in [1.54, 1.807) is 7.11 Å². The van der Waals surface area contributed by atoms with Crippen molar-refractivity contribution in [1.82, 2.24) is 0 Å². The van der Waals surface area contributed by atoms with Crippen LogP contribution in [0.2, 0.25) is 0 Å². The lowest BCUT2D eigenvalue weighted by Crippen LogP contribution is -1.86. The van der Waals surface area contributed by atoms with Gasteiger partial charge in [0.05, 0.1) is 6.61 Å². The molecule has 4 heteroatoms. The van der Waals surface area contributed by atoms with E-state index >= 15 is 0 Å². The fourth-order valence-electron chi connectivity index (χ4n) is 1.17. The van der Waals surface area contributed by atoms with Crippen LogP contribution in [0.5, 0.6) is 0 Å². The maximum absolute atomic E-state index is 8.06. The lowest BCUT2D eigenvalue weighted by molar-refractivity contribution is 0.185. The number of benzene rings is 1. The second kappa shape index (κ2) is 7.36. The van der Waals surface area contributed by atoms with Crippen LogP contribution in [0, 0.1) is 11.8 Å². The van der Waals surface area contributed by atoms with Crippen LogP contribution in [0.3, 0.4) is 0 Å². The Labute approximate surface area is 94.9 Å². The highest BCUT2D eigenvalue weighted by atomic mass is 16.5. The fourth-order valence-corrected chi connectivity index (χ4v) is 1.17. The molecule has 0 N–H and O–H groups in total. The third-order valence-electron chi connectivity index (χ3n) is 1.90. The predicted octanol–water partition coefficient (Wildman–Crippen LogP) is 2.88. The summed E-state index contributed by atoms with van der Waals surface area (Å²) in [6.07, 6.45) is 0.587. The molecule has 0 radical (unpaired) electrons. The van der Waals surface area contributed by atoms with Gasteiger partial charge in [-0.3, -0.25) is 0 Å². The maximum atomic E-state index is 8.06. The van der Waals surface area contributed by atoms with E-state index in [0.717, 1.165) is 11.1 Å². The van der Waals surface area contributed by atoms with Gasteiger partial charge in [0.15, 0.2) is 0 Å². The predicted molar refractivity (Wildman–Crippen MR) is 62.7 cm³/mol. The first-order chi connectivity index (χ1) is 7.86. The van der Waals surface area contributed by atoms with Crippen LogP contribution in [0.25, 0.3) is 10.4 Å². The zero-order valence-corrected chi connectivity index (χ0v) is 9.18. The average Bonchev–Trinajstić information content (AvgIpc) is 2.31. The lowest BCUT2D eigenvalue weighted by atomic mass is 10.1. The van der Waals surface area contributed by atoms with Crippen LogP contribution in [0.1, 0.15) is 17.5 Å². The average molecular weight is 215 g/mol. The molecule has 0 amide bonds. The van der Waals surface area contributed by atoms with E-state index in [-0.39, 0.29) is 0 Å². The van der Waals surface area contributed by atoms with E-state index in [1.165, 1.54) is 0 Å². The molecule has 0 saturated carbocycles. The minimum atomic E-state index is 0.422. The van der Waals surface area contributed by atoms with Crippen molar-refractivity contribution in [2.24, 2.45) is 5.11 Å². The van der Waals surface area contributed by atoms with Crippen molar-refractivity contribution in [1.29, 1.82) is 0 Å². The van der Waals surface area contributed by atoms with E-state index in [4.69, 9.17) is 10.3 Å². The molecule has 4 nitrogen and oxygen atoms in total. The number of rotatable bonds is 4. The van der Waals surface area contributed by atoms with Gasteiger partial charge in [-0.1, -0.05) is 29.1 Å². The Hall–Kier alpha value is -1.95. The van der Waals surface area contributed by atoms with Crippen molar-refractivity contribution in [3.05, 3.63) is 45.8 Å². The smallest absolute Gasteiger partial charge is 0.0713 e. The zero-order valence-electron chi connectivity index (χ0n) is 9.18. The van der Waals surface area contributed by atoms with Crippen LogP contribution in [-0.2, 0) is 11.3 Å². The summed E-state index contributed by atoms with van der Waals surface area (Å²) >= 11 is 0. The van der Waals surface area contributed by atoms with Crippen molar-refractivity contribution < 1.29 is 4.74 Å². The summed E-state index contributed by atoms with van der Waals surface area (Å²) in [4.78, 5) is 2.66. The zero-order chi connectivity index (χ0) is 11.6. The van der Waals surface area contributed by atoms with Gasteiger partial charge in [-0.2, -0.15) is 0 Å². The first kappa shape index (κ1) is 12.1. The summed E-state index contributed by atoms with van der Waals surface area (Å²) in [7, 11) is 1.67. The highest BCUT2D eigenvalue weighted by Crippen LogP contribution is 2.04. The molecule has 0 unspecified atom stereocenters. The molecule has 0 aliphatic carbocycles. The summed E-state index contributed by atoms with van der Waals surface area (Å²) < 4.78 is 5.01. The SMILES string of the molecule is COCc1ccc(C#CCCN=[N+]=[N-])cc1. The molecule has 0 saturated heterocycles. The Morgan fingerprint density at radius 1 is 1.38 bits per heavy atom. The monoisotopic (exact) mass is 215 g/mol. The standard InChI is InChI=1S/C12H13N3O/c1-16-10-12-7-5-11(6-8-12)4-2-3-9-14-15-13/h5-8H,3,9-10H2,1H3. The van der Waals surface area contributed by atoms with E-state index in [2.05, 4.69) is 21.9 Å². The van der Waals surface area contributed by atoms with E-state index < -0.39 is 0 Å². The molecule has 0 aromatic heterocycles. The molecule has 0 fully saturated rings. The van der Waals surface area contributed by atoms with Crippen LogP contribution < -0.4 is 0 Å². The first-order valence-electron chi connectivity index (χ1n) is 4.94. The van der Waals surface area contributed by atoms with Crippen molar-refractivity contribution >= 4 is 0 Å². The Balaban J connectivity index is 2.50. The maximum Gasteiger partial charge on any atom is 0.0713 e. The Bertz CT molecular complexity index is 422. The quantitative estimate of drug-likeness (QED) is 0.250. The molecule has 0 heterocycles. The molecule has 0 atom stereocenters. The number of hydrogen-bond donors (Lipinski definition) is 0. The molecular weight excluding hydrogens is 202 g/mol. The highest BCUT2D eigenvalue weighted by molar-refractivity contribution is 5.35. The van der Waals surface area contributed by atoms with Crippen molar-refractivity contribution in [3.63, 3.8) is 0 Å². The molecule has 16 heavy (non-hydrogen) atoms. The molecule has 0 spiro atoms. The number of methoxy groups -OCH3 is 1. The molecule has 0 bridgehead atoms. The van der Waals surface area contributed by atoms with Crippen LogP contribution in [-0.4, -0.2) is 13.7 Å². The number of hydrogen-bond acceptors (Lipinski definition) is 2. The summed E-state index contributed by atoms with van der Waals surface area (Å²) in [6, 6.07) is 7.88. The van der Waals surface area contributed by atoms with Gasteiger partial charge in [0.2, 0.25) is 0 Å². The van der Waals surface area contributed by atoms with Gasteiger partial charge < -0.3 is 4.74 Å². The first-order valence-corrected chi connectivity index (χ1v) is 4.94. The van der Waals surface area contributed by atoms with E-state index in [9.17, 15) is 0 Å². The summed E-state index contributed by atoms with van der Waals surface area (Å²) in [5, 5.41) is 3.40. The highest BCUT2D eigenvalue weighted by Gasteiger charge is 1.90. The topological polar surface area (TPSA) is 58.0 Å². The van der Waals surface area contributed by atoms with Gasteiger partial charge in [0.25, 0.3) is 0 Å². The molecule has 0 aliphatic rings. The second-order valence-corrected chi connectivity index (χ2v) is 3.14. The van der Waals surface area contributed by atoms with Crippen LogP contribution in [0.15, 0.2) is 29.4 Å². The van der Waals surface area contributed by atoms with Crippen LogP contribution in [0.4, 0.5) is 0 Å². The van der Waals surface area contributed by atoms with E-state index in [1.807, 2.05) is 24.3 Å². The Morgan fingerprint density at radius 3 is 2.75 bits per heavy atom. The van der Waals surface area contributed by atoms with E-state index in [0.29, 0.717) is 19.6 Å². The third-order valence-corrected chi connectivity index (χ3v) is 1.90. The molecular formula is C12H13N3O. The fraction of sp³-hybridized carbons (Fsp3) is 0.333. The summed E-state index contributed by atoms with van der Waals surface area (Å²) in [6.45, 7) is 1.04. The number of nitrogens with zero attached hydrogens (tertiary/aromatic N) is 3. The normalized spacial score (nSPS) is 8.81. The van der Waals surface area contributed by atoms with Crippen molar-refractivity contribution in [2.45, 2.75) is 13.0 Å². The molecule has 1 aromatic carbocycles. The Morgan fingerprint density at radius 2 is 2.12 bits per heavy atom. The van der Waals surface area contributed by atoms with Crippen LogP contribution >= 0.6 is 0 Å².